The minimum Gasteiger partial charge on any atom is -0.307 e. The first-order valence-electron chi connectivity index (χ1n) is 5.04. The molecule has 2 aromatic rings. The van der Waals surface area contributed by atoms with E-state index >= 15 is 0 Å². The number of aromatic nitrogens is 2. The molecule has 0 aliphatic heterocycles. The molecular formula is C11H10Cl2N4S. The van der Waals surface area contributed by atoms with Crippen LogP contribution in [0.3, 0.4) is 0 Å². The highest BCUT2D eigenvalue weighted by Crippen LogP contribution is 2.29. The fourth-order valence-electron chi connectivity index (χ4n) is 1.23. The van der Waals surface area contributed by atoms with Gasteiger partial charge in [0.05, 0.1) is 28.1 Å². The summed E-state index contributed by atoms with van der Waals surface area (Å²) in [6.07, 6.45) is 3.27. The fourth-order valence-corrected chi connectivity index (χ4v) is 2.42. The van der Waals surface area contributed by atoms with Crippen molar-refractivity contribution in [1.82, 2.24) is 9.97 Å². The van der Waals surface area contributed by atoms with Gasteiger partial charge < -0.3 is 5.43 Å². The number of hydrogen-bond donors (Lipinski definition) is 2. The summed E-state index contributed by atoms with van der Waals surface area (Å²) in [6, 6.07) is 5.53. The number of nitrogens with two attached hydrogens (primary N) is 1. The molecule has 1 aromatic carbocycles. The summed E-state index contributed by atoms with van der Waals surface area (Å²) < 4.78 is 0. The topological polar surface area (TPSA) is 63.8 Å². The van der Waals surface area contributed by atoms with Crippen molar-refractivity contribution in [3.63, 3.8) is 0 Å². The molecule has 1 aromatic heterocycles. The van der Waals surface area contributed by atoms with Crippen molar-refractivity contribution in [3.05, 3.63) is 46.3 Å². The van der Waals surface area contributed by atoms with Crippen molar-refractivity contribution < 1.29 is 0 Å². The molecule has 0 aliphatic carbocycles. The van der Waals surface area contributed by atoms with Gasteiger partial charge in [0.2, 0.25) is 0 Å². The Balaban J connectivity index is 1.99. The summed E-state index contributed by atoms with van der Waals surface area (Å²) >= 11 is 13.4. The van der Waals surface area contributed by atoms with E-state index in [2.05, 4.69) is 15.4 Å². The zero-order valence-electron chi connectivity index (χ0n) is 9.23. The summed E-state index contributed by atoms with van der Waals surface area (Å²) in [7, 11) is 0. The van der Waals surface area contributed by atoms with Crippen molar-refractivity contribution >= 4 is 40.8 Å². The molecule has 18 heavy (non-hydrogen) atoms. The summed E-state index contributed by atoms with van der Waals surface area (Å²) in [5, 5.41) is 1.11. The maximum atomic E-state index is 5.94. The van der Waals surface area contributed by atoms with Gasteiger partial charge in [-0.25, -0.2) is 10.8 Å². The molecule has 0 radical (unpaired) electrons. The molecule has 94 valence electrons. The van der Waals surface area contributed by atoms with Gasteiger partial charge in [0.25, 0.3) is 0 Å². The molecule has 0 spiro atoms. The molecule has 3 N–H and O–H groups in total. The smallest absolute Gasteiger partial charge is 0.158 e. The second-order valence-electron chi connectivity index (χ2n) is 3.40. The van der Waals surface area contributed by atoms with Crippen molar-refractivity contribution in [2.45, 2.75) is 10.6 Å². The van der Waals surface area contributed by atoms with Crippen LogP contribution >= 0.6 is 35.0 Å². The van der Waals surface area contributed by atoms with Crippen molar-refractivity contribution in [3.8, 4) is 0 Å². The first-order chi connectivity index (χ1) is 8.69. The summed E-state index contributed by atoms with van der Waals surface area (Å²) in [5.41, 5.74) is 3.29. The standard InChI is InChI=1S/C11H10Cl2N4S/c12-9-2-1-8(3-10(9)13)18-6-7-4-16-11(17-14)5-15-7/h1-5H,6,14H2,(H,16,17). The lowest BCUT2D eigenvalue weighted by molar-refractivity contribution is 1.08. The normalized spacial score (nSPS) is 10.4. The Labute approximate surface area is 119 Å². The Morgan fingerprint density at radius 3 is 2.61 bits per heavy atom. The molecule has 0 saturated carbocycles. The molecule has 7 heteroatoms. The third kappa shape index (κ3) is 3.49. The Kier molecular flexibility index (Phi) is 4.66. The van der Waals surface area contributed by atoms with E-state index in [0.29, 0.717) is 21.6 Å². The average Bonchev–Trinajstić information content (AvgIpc) is 2.41. The number of nitrogens with zero attached hydrogens (tertiary/aromatic N) is 2. The third-order valence-electron chi connectivity index (χ3n) is 2.13. The maximum Gasteiger partial charge on any atom is 0.158 e. The molecule has 0 aliphatic rings. The van der Waals surface area contributed by atoms with E-state index in [0.717, 1.165) is 10.6 Å². The zero-order valence-corrected chi connectivity index (χ0v) is 11.6. The van der Waals surface area contributed by atoms with E-state index in [1.54, 1.807) is 30.2 Å². The van der Waals surface area contributed by atoms with E-state index in [4.69, 9.17) is 29.0 Å². The average molecular weight is 301 g/mol. The molecule has 0 bridgehead atoms. The quantitative estimate of drug-likeness (QED) is 0.515. The number of hydrogen-bond acceptors (Lipinski definition) is 5. The molecule has 0 amide bonds. The lowest BCUT2D eigenvalue weighted by Gasteiger charge is -2.03. The fraction of sp³-hybridized carbons (Fsp3) is 0.0909. The highest BCUT2D eigenvalue weighted by Gasteiger charge is 2.02. The summed E-state index contributed by atoms with van der Waals surface area (Å²) in [4.78, 5) is 9.34. The van der Waals surface area contributed by atoms with Gasteiger partial charge >= 0.3 is 0 Å². The van der Waals surface area contributed by atoms with Crippen LogP contribution < -0.4 is 11.3 Å². The highest BCUT2D eigenvalue weighted by atomic mass is 35.5. The van der Waals surface area contributed by atoms with E-state index < -0.39 is 0 Å². The van der Waals surface area contributed by atoms with Crippen LogP contribution in [0, 0.1) is 0 Å². The monoisotopic (exact) mass is 300 g/mol. The Morgan fingerprint density at radius 1 is 1.17 bits per heavy atom. The van der Waals surface area contributed by atoms with E-state index in [1.165, 1.54) is 0 Å². The Hall–Kier alpha value is -1.01. The number of hydrazine groups is 1. The Morgan fingerprint density at radius 2 is 2.00 bits per heavy atom. The van der Waals surface area contributed by atoms with Gasteiger partial charge in [-0.3, -0.25) is 4.98 Å². The third-order valence-corrected chi connectivity index (χ3v) is 3.90. The molecular weight excluding hydrogens is 291 g/mol. The first-order valence-corrected chi connectivity index (χ1v) is 6.78. The van der Waals surface area contributed by atoms with E-state index in [-0.39, 0.29) is 0 Å². The molecule has 0 atom stereocenters. The Bertz CT molecular complexity index is 533. The number of halogens is 2. The van der Waals surface area contributed by atoms with Gasteiger partial charge in [-0.1, -0.05) is 23.2 Å². The van der Waals surface area contributed by atoms with Crippen LogP contribution in [0.15, 0.2) is 35.5 Å². The van der Waals surface area contributed by atoms with Gasteiger partial charge in [0.1, 0.15) is 0 Å². The summed E-state index contributed by atoms with van der Waals surface area (Å²) in [6.45, 7) is 0. The number of thioether (sulfide) groups is 1. The van der Waals surface area contributed by atoms with Crippen LogP contribution in [0.2, 0.25) is 10.0 Å². The predicted octanol–water partition coefficient (Wildman–Crippen LogP) is 3.36. The van der Waals surface area contributed by atoms with Gasteiger partial charge in [0, 0.05) is 10.6 Å². The molecule has 0 fully saturated rings. The molecule has 1 heterocycles. The van der Waals surface area contributed by atoms with Gasteiger partial charge in [-0.2, -0.15) is 0 Å². The number of nitrogen functional groups attached to an aromatic ring is 1. The van der Waals surface area contributed by atoms with Gasteiger partial charge in [-0.15, -0.1) is 11.8 Å². The second-order valence-corrected chi connectivity index (χ2v) is 5.27. The second kappa shape index (κ2) is 6.24. The van der Waals surface area contributed by atoms with Crippen LogP contribution in [0.4, 0.5) is 5.82 Å². The van der Waals surface area contributed by atoms with Crippen molar-refractivity contribution in [2.75, 3.05) is 5.43 Å². The van der Waals surface area contributed by atoms with Crippen molar-refractivity contribution in [1.29, 1.82) is 0 Å². The van der Waals surface area contributed by atoms with E-state index in [1.807, 2.05) is 12.1 Å². The number of anilines is 1. The number of rotatable bonds is 4. The minimum atomic E-state index is 0.540. The first kappa shape index (κ1) is 13.4. The largest absolute Gasteiger partial charge is 0.307 e. The maximum absolute atomic E-state index is 5.94. The lowest BCUT2D eigenvalue weighted by atomic mass is 10.4. The molecule has 2 rings (SSSR count). The van der Waals surface area contributed by atoms with Crippen LogP contribution in [-0.2, 0) is 5.75 Å². The van der Waals surface area contributed by atoms with Crippen molar-refractivity contribution in [2.24, 2.45) is 5.84 Å². The minimum absolute atomic E-state index is 0.540. The molecule has 0 unspecified atom stereocenters. The summed E-state index contributed by atoms with van der Waals surface area (Å²) in [5.74, 6) is 6.46. The SMILES string of the molecule is NNc1cnc(CSc2ccc(Cl)c(Cl)c2)cn1. The van der Waals surface area contributed by atoms with Crippen LogP contribution in [0.1, 0.15) is 5.69 Å². The zero-order chi connectivity index (χ0) is 13.0. The highest BCUT2D eigenvalue weighted by molar-refractivity contribution is 7.98. The predicted molar refractivity (Wildman–Crippen MR) is 75.9 cm³/mol. The van der Waals surface area contributed by atoms with Gasteiger partial charge in [-0.05, 0) is 18.2 Å². The van der Waals surface area contributed by atoms with E-state index in [9.17, 15) is 0 Å². The van der Waals surface area contributed by atoms with Crippen LogP contribution in [-0.4, -0.2) is 9.97 Å². The number of nitrogens with one attached hydrogen (secondary N) is 1. The lowest BCUT2D eigenvalue weighted by Crippen LogP contribution is -2.08. The van der Waals surface area contributed by atoms with Gasteiger partial charge in [0.15, 0.2) is 5.82 Å². The molecule has 0 saturated heterocycles. The van der Waals surface area contributed by atoms with Crippen LogP contribution in [0.5, 0.6) is 0 Å². The molecule has 4 nitrogen and oxygen atoms in total. The van der Waals surface area contributed by atoms with Crippen LogP contribution in [0.25, 0.3) is 0 Å². The number of benzene rings is 1.